The lowest BCUT2D eigenvalue weighted by Gasteiger charge is -2.29. The fourth-order valence-electron chi connectivity index (χ4n) is 2.50. The van der Waals surface area contributed by atoms with Gasteiger partial charge < -0.3 is 9.64 Å². The van der Waals surface area contributed by atoms with E-state index in [-0.39, 0.29) is 5.91 Å². The molecule has 0 atom stereocenters. The molecule has 1 aliphatic rings. The number of hydrogen-bond donors (Lipinski definition) is 0. The second-order valence-corrected chi connectivity index (χ2v) is 5.35. The van der Waals surface area contributed by atoms with Crippen molar-refractivity contribution in [2.45, 2.75) is 19.4 Å². The molecule has 0 aliphatic carbocycles. The number of amides is 1. The molecule has 3 rings (SSSR count). The number of aryl methyl sites for hydroxylation is 1. The van der Waals surface area contributed by atoms with Crippen molar-refractivity contribution in [3.63, 3.8) is 0 Å². The third kappa shape index (κ3) is 2.85. The molecule has 0 unspecified atom stereocenters. The van der Waals surface area contributed by atoms with Gasteiger partial charge in [-0.05, 0) is 35.7 Å². The molecule has 0 bridgehead atoms. The van der Waals surface area contributed by atoms with Gasteiger partial charge >= 0.3 is 0 Å². The molecular weight excluding hydrogens is 288 g/mol. The van der Waals surface area contributed by atoms with Crippen LogP contribution >= 0.6 is 11.6 Å². The van der Waals surface area contributed by atoms with Crippen molar-refractivity contribution >= 4 is 23.2 Å². The monoisotopic (exact) mass is 302 g/mol. The summed E-state index contributed by atoms with van der Waals surface area (Å²) in [7, 11) is 1.63. The minimum Gasteiger partial charge on any atom is -0.497 e. The van der Waals surface area contributed by atoms with Gasteiger partial charge in [-0.15, -0.1) is 0 Å². The number of carbonyl (C=O) groups excluding carboxylic acids is 1. The lowest BCUT2D eigenvalue weighted by Crippen LogP contribution is -2.34. The Morgan fingerprint density at radius 1 is 1.29 bits per heavy atom. The molecule has 5 heteroatoms. The van der Waals surface area contributed by atoms with Gasteiger partial charge in [-0.25, -0.2) is 4.98 Å². The van der Waals surface area contributed by atoms with E-state index in [4.69, 9.17) is 16.3 Å². The van der Waals surface area contributed by atoms with Gasteiger partial charge in [0.25, 0.3) is 0 Å². The predicted molar refractivity (Wildman–Crippen MR) is 81.8 cm³/mol. The molecule has 0 N–H and O–H groups in total. The second-order valence-electron chi connectivity index (χ2n) is 4.96. The largest absolute Gasteiger partial charge is 0.497 e. The van der Waals surface area contributed by atoms with Crippen molar-refractivity contribution < 1.29 is 9.53 Å². The van der Waals surface area contributed by atoms with Gasteiger partial charge in [0.15, 0.2) is 0 Å². The molecule has 0 saturated carbocycles. The molecule has 0 radical (unpaired) electrons. The molecule has 0 spiro atoms. The molecule has 1 aliphatic heterocycles. The minimum absolute atomic E-state index is 0.113. The SMILES string of the molecule is COc1ccc(CN2C(=O)CCc3cc(Cl)ncc32)cc1. The maximum atomic E-state index is 12.2. The Hall–Kier alpha value is -2.07. The first-order chi connectivity index (χ1) is 10.2. The smallest absolute Gasteiger partial charge is 0.227 e. The third-order valence-corrected chi connectivity index (χ3v) is 3.84. The normalized spacial score (nSPS) is 14.0. The van der Waals surface area contributed by atoms with Crippen LogP contribution < -0.4 is 9.64 Å². The number of nitrogens with zero attached hydrogens (tertiary/aromatic N) is 2. The average Bonchev–Trinajstić information content (AvgIpc) is 2.51. The highest BCUT2D eigenvalue weighted by Crippen LogP contribution is 2.30. The van der Waals surface area contributed by atoms with Crippen molar-refractivity contribution in [1.82, 2.24) is 4.98 Å². The molecule has 1 amide bonds. The van der Waals surface area contributed by atoms with E-state index in [1.807, 2.05) is 30.3 Å². The van der Waals surface area contributed by atoms with E-state index in [1.54, 1.807) is 18.2 Å². The summed E-state index contributed by atoms with van der Waals surface area (Å²) < 4.78 is 5.14. The minimum atomic E-state index is 0.113. The standard InChI is InChI=1S/C16H15ClN2O2/c1-21-13-5-2-11(3-6-13)10-19-14-9-18-15(17)8-12(14)4-7-16(19)20/h2-3,5-6,8-9H,4,7,10H2,1H3. The maximum Gasteiger partial charge on any atom is 0.227 e. The lowest BCUT2D eigenvalue weighted by atomic mass is 10.0. The fourth-order valence-corrected chi connectivity index (χ4v) is 2.68. The zero-order valence-corrected chi connectivity index (χ0v) is 12.4. The van der Waals surface area contributed by atoms with Crippen LogP contribution in [-0.2, 0) is 17.8 Å². The Bertz CT molecular complexity index is 670. The Morgan fingerprint density at radius 2 is 2.05 bits per heavy atom. The number of fused-ring (bicyclic) bond motifs is 1. The molecule has 0 fully saturated rings. The number of hydrogen-bond acceptors (Lipinski definition) is 3. The van der Waals surface area contributed by atoms with E-state index < -0.39 is 0 Å². The Balaban J connectivity index is 1.89. The summed E-state index contributed by atoms with van der Waals surface area (Å²) >= 11 is 5.93. The number of rotatable bonds is 3. The van der Waals surface area contributed by atoms with Crippen LogP contribution in [0, 0.1) is 0 Å². The Morgan fingerprint density at radius 3 is 2.76 bits per heavy atom. The summed E-state index contributed by atoms with van der Waals surface area (Å²) in [5.74, 6) is 0.917. The third-order valence-electron chi connectivity index (χ3n) is 3.63. The first-order valence-electron chi connectivity index (χ1n) is 6.75. The summed E-state index contributed by atoms with van der Waals surface area (Å²) in [6.07, 6.45) is 2.90. The summed E-state index contributed by atoms with van der Waals surface area (Å²) in [6, 6.07) is 9.55. The summed E-state index contributed by atoms with van der Waals surface area (Å²) in [4.78, 5) is 18.1. The van der Waals surface area contributed by atoms with Gasteiger partial charge in [0.1, 0.15) is 10.9 Å². The number of aromatic nitrogens is 1. The summed E-state index contributed by atoms with van der Waals surface area (Å²) in [6.45, 7) is 0.527. The Labute approximate surface area is 128 Å². The number of carbonyl (C=O) groups is 1. The van der Waals surface area contributed by atoms with Gasteiger partial charge in [0.05, 0.1) is 25.5 Å². The first kappa shape index (κ1) is 13.9. The van der Waals surface area contributed by atoms with E-state index in [9.17, 15) is 4.79 Å². The number of pyridine rings is 1. The number of anilines is 1. The highest BCUT2D eigenvalue weighted by atomic mass is 35.5. The molecule has 2 aromatic rings. The zero-order chi connectivity index (χ0) is 14.8. The van der Waals surface area contributed by atoms with Crippen molar-refractivity contribution in [1.29, 1.82) is 0 Å². The highest BCUT2D eigenvalue weighted by Gasteiger charge is 2.24. The molecule has 0 saturated heterocycles. The van der Waals surface area contributed by atoms with Crippen molar-refractivity contribution in [3.05, 3.63) is 52.8 Å². The average molecular weight is 303 g/mol. The van der Waals surface area contributed by atoms with E-state index in [0.717, 1.165) is 29.0 Å². The number of methoxy groups -OCH3 is 1. The molecular formula is C16H15ClN2O2. The summed E-state index contributed by atoms with van der Waals surface area (Å²) in [5.41, 5.74) is 2.97. The predicted octanol–water partition coefficient (Wildman–Crippen LogP) is 3.22. The van der Waals surface area contributed by atoms with E-state index in [1.165, 1.54) is 0 Å². The van der Waals surface area contributed by atoms with Crippen LogP contribution in [0.25, 0.3) is 0 Å². The van der Waals surface area contributed by atoms with Crippen molar-refractivity contribution in [3.8, 4) is 5.75 Å². The van der Waals surface area contributed by atoms with Gasteiger partial charge in [-0.3, -0.25) is 4.79 Å². The molecule has 1 aromatic carbocycles. The van der Waals surface area contributed by atoms with Crippen molar-refractivity contribution in [2.75, 3.05) is 12.0 Å². The van der Waals surface area contributed by atoms with Gasteiger partial charge in [0.2, 0.25) is 5.91 Å². The highest BCUT2D eigenvalue weighted by molar-refractivity contribution is 6.29. The second kappa shape index (κ2) is 5.74. The number of halogens is 1. The maximum absolute atomic E-state index is 12.2. The molecule has 2 heterocycles. The van der Waals surface area contributed by atoms with Gasteiger partial charge in [-0.2, -0.15) is 0 Å². The molecule has 108 valence electrons. The number of ether oxygens (including phenoxy) is 1. The molecule has 21 heavy (non-hydrogen) atoms. The van der Waals surface area contributed by atoms with E-state index in [0.29, 0.717) is 18.1 Å². The quantitative estimate of drug-likeness (QED) is 0.818. The van der Waals surface area contributed by atoms with Crippen LogP contribution in [0.3, 0.4) is 0 Å². The molecule has 1 aromatic heterocycles. The van der Waals surface area contributed by atoms with Crippen molar-refractivity contribution in [2.24, 2.45) is 0 Å². The number of benzene rings is 1. The van der Waals surface area contributed by atoms with E-state index in [2.05, 4.69) is 4.98 Å². The lowest BCUT2D eigenvalue weighted by molar-refractivity contribution is -0.119. The van der Waals surface area contributed by atoms with Gasteiger partial charge in [0, 0.05) is 6.42 Å². The van der Waals surface area contributed by atoms with Crippen LogP contribution in [0.2, 0.25) is 5.15 Å². The Kier molecular flexibility index (Phi) is 3.80. The fraction of sp³-hybridized carbons (Fsp3) is 0.250. The van der Waals surface area contributed by atoms with Gasteiger partial charge in [-0.1, -0.05) is 23.7 Å². The first-order valence-corrected chi connectivity index (χ1v) is 7.13. The zero-order valence-electron chi connectivity index (χ0n) is 11.7. The van der Waals surface area contributed by atoms with Crippen LogP contribution in [0.15, 0.2) is 36.5 Å². The summed E-state index contributed by atoms with van der Waals surface area (Å²) in [5, 5.41) is 0.465. The van der Waals surface area contributed by atoms with Crippen LogP contribution in [0.1, 0.15) is 17.5 Å². The van der Waals surface area contributed by atoms with E-state index >= 15 is 0 Å². The van der Waals surface area contributed by atoms with Crippen LogP contribution in [0.4, 0.5) is 5.69 Å². The topological polar surface area (TPSA) is 42.4 Å². The molecule has 4 nitrogen and oxygen atoms in total. The van der Waals surface area contributed by atoms with Crippen LogP contribution in [0.5, 0.6) is 5.75 Å². The van der Waals surface area contributed by atoms with Crippen LogP contribution in [-0.4, -0.2) is 18.0 Å².